The maximum absolute atomic E-state index is 11.9. The van der Waals surface area contributed by atoms with Crippen LogP contribution in [0.3, 0.4) is 0 Å². The molecule has 0 aromatic rings. The third-order valence-corrected chi connectivity index (χ3v) is 4.26. The van der Waals surface area contributed by atoms with Crippen LogP contribution in [0.1, 0.15) is 39.0 Å². The molecule has 0 atom stereocenters. The molecule has 15 heavy (non-hydrogen) atoms. The first-order valence-electron chi connectivity index (χ1n) is 6.23. The van der Waals surface area contributed by atoms with Crippen LogP contribution >= 0.6 is 0 Å². The van der Waals surface area contributed by atoms with Gasteiger partial charge >= 0.3 is 0 Å². The van der Waals surface area contributed by atoms with Gasteiger partial charge in [0.2, 0.25) is 5.91 Å². The minimum Gasteiger partial charge on any atom is -0.339 e. The molecule has 3 aliphatic rings. The summed E-state index contributed by atoms with van der Waals surface area (Å²) >= 11 is 0. The van der Waals surface area contributed by atoms with Gasteiger partial charge in [-0.15, -0.1) is 0 Å². The summed E-state index contributed by atoms with van der Waals surface area (Å²) in [5.41, 5.74) is 0.0292. The summed E-state index contributed by atoms with van der Waals surface area (Å²) in [5.74, 6) is 0.397. The fourth-order valence-corrected chi connectivity index (χ4v) is 2.44. The molecule has 2 saturated carbocycles. The molecule has 0 radical (unpaired) electrons. The van der Waals surface area contributed by atoms with Crippen molar-refractivity contribution in [2.24, 2.45) is 5.41 Å². The summed E-state index contributed by atoms with van der Waals surface area (Å²) in [5, 5.41) is 3.62. The zero-order valence-electron chi connectivity index (χ0n) is 9.46. The van der Waals surface area contributed by atoms with Crippen molar-refractivity contribution >= 4 is 5.91 Å². The van der Waals surface area contributed by atoms with Gasteiger partial charge in [0.25, 0.3) is 0 Å². The highest BCUT2D eigenvalue weighted by atomic mass is 16.2. The Kier molecular flexibility index (Phi) is 2.06. The molecule has 0 bridgehead atoms. The summed E-state index contributed by atoms with van der Waals surface area (Å²) in [6.45, 7) is 4.00. The van der Waals surface area contributed by atoms with Crippen LogP contribution in [0.25, 0.3) is 0 Å². The number of hydrogen-bond donors (Lipinski definition) is 1. The Morgan fingerprint density at radius 1 is 1.27 bits per heavy atom. The van der Waals surface area contributed by atoms with E-state index in [1.165, 1.54) is 19.3 Å². The summed E-state index contributed by atoms with van der Waals surface area (Å²) in [7, 11) is 0. The maximum atomic E-state index is 11.9. The Hall–Kier alpha value is -0.570. The molecule has 84 valence electrons. The Bertz CT molecular complexity index is 275. The van der Waals surface area contributed by atoms with E-state index in [1.54, 1.807) is 0 Å². The zero-order chi connectivity index (χ0) is 10.5. The molecule has 0 spiro atoms. The Labute approximate surface area is 91.2 Å². The molecule has 1 amide bonds. The Balaban J connectivity index is 1.43. The Morgan fingerprint density at radius 2 is 1.93 bits per heavy atom. The number of hydrogen-bond acceptors (Lipinski definition) is 2. The van der Waals surface area contributed by atoms with Crippen LogP contribution in [0.5, 0.6) is 0 Å². The number of amides is 1. The van der Waals surface area contributed by atoms with Crippen LogP contribution in [0, 0.1) is 5.41 Å². The van der Waals surface area contributed by atoms with Crippen molar-refractivity contribution in [2.75, 3.05) is 13.1 Å². The van der Waals surface area contributed by atoms with Crippen LogP contribution in [-0.2, 0) is 4.79 Å². The normalized spacial score (nSPS) is 29.5. The van der Waals surface area contributed by atoms with Gasteiger partial charge in [-0.3, -0.25) is 4.79 Å². The first-order chi connectivity index (χ1) is 7.17. The highest BCUT2D eigenvalue weighted by Crippen LogP contribution is 2.47. The SMILES string of the molecule is CC1(C(=O)N2CC(NC3CCC3)C2)CC1. The number of rotatable bonds is 3. The van der Waals surface area contributed by atoms with E-state index >= 15 is 0 Å². The predicted molar refractivity (Wildman–Crippen MR) is 58.5 cm³/mol. The smallest absolute Gasteiger partial charge is 0.228 e. The Morgan fingerprint density at radius 3 is 2.40 bits per heavy atom. The van der Waals surface area contributed by atoms with Crippen LogP contribution in [0.4, 0.5) is 0 Å². The minimum atomic E-state index is 0.0292. The minimum absolute atomic E-state index is 0.0292. The van der Waals surface area contributed by atoms with E-state index in [1.807, 2.05) is 4.90 Å². The third kappa shape index (κ3) is 1.67. The van der Waals surface area contributed by atoms with Crippen LogP contribution in [0.15, 0.2) is 0 Å². The first-order valence-corrected chi connectivity index (χ1v) is 6.23. The molecule has 1 heterocycles. The van der Waals surface area contributed by atoms with E-state index in [0.29, 0.717) is 11.9 Å². The fourth-order valence-electron chi connectivity index (χ4n) is 2.44. The van der Waals surface area contributed by atoms with Crippen LogP contribution in [0.2, 0.25) is 0 Å². The monoisotopic (exact) mass is 208 g/mol. The molecule has 2 aliphatic carbocycles. The highest BCUT2D eigenvalue weighted by Gasteiger charge is 2.49. The third-order valence-electron chi connectivity index (χ3n) is 4.26. The molecular formula is C12H20N2O. The molecule has 1 saturated heterocycles. The number of nitrogens with one attached hydrogen (secondary N) is 1. The summed E-state index contributed by atoms with van der Waals surface area (Å²) in [6, 6.07) is 1.34. The van der Waals surface area contributed by atoms with Crippen molar-refractivity contribution in [1.82, 2.24) is 10.2 Å². The second-order valence-electron chi connectivity index (χ2n) is 5.76. The lowest BCUT2D eigenvalue weighted by Crippen LogP contribution is -2.63. The predicted octanol–water partition coefficient (Wildman–Crippen LogP) is 1.14. The summed E-state index contributed by atoms with van der Waals surface area (Å²) in [4.78, 5) is 14.0. The van der Waals surface area contributed by atoms with Gasteiger partial charge < -0.3 is 10.2 Å². The van der Waals surface area contributed by atoms with Gasteiger partial charge in [-0.05, 0) is 25.7 Å². The average Bonchev–Trinajstić information content (AvgIpc) is 2.79. The van der Waals surface area contributed by atoms with E-state index in [4.69, 9.17) is 0 Å². The largest absolute Gasteiger partial charge is 0.339 e. The second-order valence-corrected chi connectivity index (χ2v) is 5.76. The van der Waals surface area contributed by atoms with Gasteiger partial charge in [-0.25, -0.2) is 0 Å². The number of carbonyl (C=O) groups is 1. The lowest BCUT2D eigenvalue weighted by Gasteiger charge is -2.44. The van der Waals surface area contributed by atoms with E-state index in [9.17, 15) is 4.79 Å². The van der Waals surface area contributed by atoms with E-state index in [-0.39, 0.29) is 5.41 Å². The summed E-state index contributed by atoms with van der Waals surface area (Å²) < 4.78 is 0. The molecule has 0 aromatic carbocycles. The van der Waals surface area contributed by atoms with Gasteiger partial charge in [0.15, 0.2) is 0 Å². The summed E-state index contributed by atoms with van der Waals surface area (Å²) in [6.07, 6.45) is 6.25. The lowest BCUT2D eigenvalue weighted by atomic mass is 9.91. The number of likely N-dealkylation sites (tertiary alicyclic amines) is 1. The highest BCUT2D eigenvalue weighted by molar-refractivity contribution is 5.85. The van der Waals surface area contributed by atoms with Crippen molar-refractivity contribution in [3.05, 3.63) is 0 Å². The molecule has 0 aromatic heterocycles. The zero-order valence-corrected chi connectivity index (χ0v) is 9.46. The lowest BCUT2D eigenvalue weighted by molar-refractivity contribution is -0.141. The standard InChI is InChI=1S/C12H20N2O/c1-12(5-6-12)11(15)14-7-10(8-14)13-9-3-2-4-9/h9-10,13H,2-8H2,1H3. The topological polar surface area (TPSA) is 32.3 Å². The van der Waals surface area contributed by atoms with Crippen molar-refractivity contribution in [1.29, 1.82) is 0 Å². The number of nitrogens with zero attached hydrogens (tertiary/aromatic N) is 1. The van der Waals surface area contributed by atoms with Crippen molar-refractivity contribution in [3.63, 3.8) is 0 Å². The maximum Gasteiger partial charge on any atom is 0.228 e. The van der Waals surface area contributed by atoms with E-state index in [0.717, 1.165) is 32.0 Å². The molecule has 3 nitrogen and oxygen atoms in total. The second kappa shape index (κ2) is 3.21. The molecule has 1 aliphatic heterocycles. The molecule has 3 heteroatoms. The van der Waals surface area contributed by atoms with Crippen molar-refractivity contribution in [2.45, 2.75) is 51.1 Å². The molecule has 3 rings (SSSR count). The van der Waals surface area contributed by atoms with Gasteiger partial charge in [0.1, 0.15) is 0 Å². The van der Waals surface area contributed by atoms with E-state index in [2.05, 4.69) is 12.2 Å². The average molecular weight is 208 g/mol. The molecule has 1 N–H and O–H groups in total. The van der Waals surface area contributed by atoms with Crippen molar-refractivity contribution < 1.29 is 4.79 Å². The van der Waals surface area contributed by atoms with Crippen LogP contribution < -0.4 is 5.32 Å². The van der Waals surface area contributed by atoms with Gasteiger partial charge in [-0.1, -0.05) is 13.3 Å². The molecular weight excluding hydrogens is 188 g/mol. The van der Waals surface area contributed by atoms with Gasteiger partial charge in [-0.2, -0.15) is 0 Å². The van der Waals surface area contributed by atoms with Crippen molar-refractivity contribution in [3.8, 4) is 0 Å². The number of carbonyl (C=O) groups excluding carboxylic acids is 1. The fraction of sp³-hybridized carbons (Fsp3) is 0.917. The van der Waals surface area contributed by atoms with E-state index < -0.39 is 0 Å². The van der Waals surface area contributed by atoms with Gasteiger partial charge in [0, 0.05) is 30.6 Å². The molecule has 0 unspecified atom stereocenters. The quantitative estimate of drug-likeness (QED) is 0.754. The van der Waals surface area contributed by atoms with Gasteiger partial charge in [0.05, 0.1) is 0 Å². The molecule has 3 fully saturated rings. The van der Waals surface area contributed by atoms with Crippen LogP contribution in [-0.4, -0.2) is 36.0 Å². The first kappa shape index (κ1) is 9.64.